The van der Waals surface area contributed by atoms with Gasteiger partial charge >= 0.3 is 0 Å². The van der Waals surface area contributed by atoms with Gasteiger partial charge in [0.05, 0.1) is 7.11 Å². The lowest BCUT2D eigenvalue weighted by Gasteiger charge is -2.12. The molecule has 6 heteroatoms. The van der Waals surface area contributed by atoms with Crippen LogP contribution in [0.4, 0.5) is 0 Å². The highest BCUT2D eigenvalue weighted by Crippen LogP contribution is 2.29. The Bertz CT molecular complexity index is 855. The molecule has 0 aromatic heterocycles. The first kappa shape index (κ1) is 20.3. The highest BCUT2D eigenvalue weighted by Gasteiger charge is 2.10. The summed E-state index contributed by atoms with van der Waals surface area (Å²) in [6, 6.07) is 14.6. The molecule has 2 aromatic rings. The van der Waals surface area contributed by atoms with Gasteiger partial charge in [-0.25, -0.2) is 0 Å². The normalized spacial score (nSPS) is 10.8. The third kappa shape index (κ3) is 6.05. The van der Waals surface area contributed by atoms with Gasteiger partial charge in [0.25, 0.3) is 5.91 Å². The molecule has 0 aliphatic rings. The Labute approximate surface area is 164 Å². The third-order valence-electron chi connectivity index (χ3n) is 3.71. The van der Waals surface area contributed by atoms with Crippen molar-refractivity contribution in [3.05, 3.63) is 64.2 Å². The van der Waals surface area contributed by atoms with Gasteiger partial charge in [-0.1, -0.05) is 36.7 Å². The van der Waals surface area contributed by atoms with Gasteiger partial charge in [0, 0.05) is 11.6 Å². The van der Waals surface area contributed by atoms with Crippen molar-refractivity contribution >= 4 is 23.6 Å². The highest BCUT2D eigenvalue weighted by molar-refractivity contribution is 6.30. The Morgan fingerprint density at radius 1 is 1.22 bits per heavy atom. The molecule has 0 bridgehead atoms. The number of nitriles is 1. The van der Waals surface area contributed by atoms with Gasteiger partial charge < -0.3 is 14.8 Å². The van der Waals surface area contributed by atoms with E-state index in [0.717, 1.165) is 12.0 Å². The molecule has 0 aliphatic heterocycles. The molecule has 0 saturated carbocycles. The van der Waals surface area contributed by atoms with E-state index in [1.807, 2.05) is 25.1 Å². The smallest absolute Gasteiger partial charge is 0.261 e. The van der Waals surface area contributed by atoms with E-state index in [4.69, 9.17) is 21.1 Å². The van der Waals surface area contributed by atoms with Gasteiger partial charge in [-0.2, -0.15) is 5.26 Å². The Balaban J connectivity index is 2.14. The van der Waals surface area contributed by atoms with Crippen LogP contribution in [0.1, 0.15) is 24.5 Å². The molecular weight excluding hydrogens is 364 g/mol. The van der Waals surface area contributed by atoms with Gasteiger partial charge in [0.15, 0.2) is 11.5 Å². The number of hydrogen-bond donors (Lipinski definition) is 1. The summed E-state index contributed by atoms with van der Waals surface area (Å²) < 4.78 is 11.2. The topological polar surface area (TPSA) is 71.4 Å². The van der Waals surface area contributed by atoms with E-state index >= 15 is 0 Å². The zero-order valence-electron chi connectivity index (χ0n) is 15.3. The van der Waals surface area contributed by atoms with Crippen molar-refractivity contribution in [1.82, 2.24) is 5.32 Å². The van der Waals surface area contributed by atoms with Crippen molar-refractivity contribution in [3.8, 4) is 17.6 Å². The molecule has 0 aliphatic carbocycles. The molecule has 1 N–H and O–H groups in total. The van der Waals surface area contributed by atoms with Crippen LogP contribution in [-0.2, 0) is 11.4 Å². The second-order valence-corrected chi connectivity index (χ2v) is 6.19. The quantitative estimate of drug-likeness (QED) is 0.542. The number of nitrogens with one attached hydrogen (secondary N) is 1. The molecule has 1 amide bonds. The average molecular weight is 385 g/mol. The Morgan fingerprint density at radius 3 is 2.59 bits per heavy atom. The number of hydrogen-bond acceptors (Lipinski definition) is 4. The summed E-state index contributed by atoms with van der Waals surface area (Å²) in [5, 5.41) is 12.6. The van der Waals surface area contributed by atoms with Crippen LogP contribution >= 0.6 is 11.6 Å². The molecule has 0 fully saturated rings. The summed E-state index contributed by atoms with van der Waals surface area (Å²) >= 11 is 5.88. The molecule has 0 atom stereocenters. The van der Waals surface area contributed by atoms with E-state index < -0.39 is 0 Å². The number of carbonyl (C=O) groups excluding carboxylic acids is 1. The second-order valence-electron chi connectivity index (χ2n) is 5.75. The molecular formula is C21H21ClN2O3. The minimum atomic E-state index is -0.388. The fourth-order valence-corrected chi connectivity index (χ4v) is 2.41. The van der Waals surface area contributed by atoms with Gasteiger partial charge in [0.1, 0.15) is 18.2 Å². The van der Waals surface area contributed by atoms with Crippen molar-refractivity contribution in [2.24, 2.45) is 0 Å². The number of amides is 1. The van der Waals surface area contributed by atoms with E-state index in [-0.39, 0.29) is 11.5 Å². The van der Waals surface area contributed by atoms with E-state index in [0.29, 0.717) is 35.2 Å². The predicted octanol–water partition coefficient (Wildman–Crippen LogP) is 4.36. The molecule has 140 valence electrons. The van der Waals surface area contributed by atoms with Gasteiger partial charge in [0.2, 0.25) is 0 Å². The average Bonchev–Trinajstić information content (AvgIpc) is 2.70. The van der Waals surface area contributed by atoms with Crippen LogP contribution < -0.4 is 14.8 Å². The summed E-state index contributed by atoms with van der Waals surface area (Å²) in [5.74, 6) is 0.698. The Kier molecular flexibility index (Phi) is 7.72. The summed E-state index contributed by atoms with van der Waals surface area (Å²) in [5.41, 5.74) is 1.69. The molecule has 0 spiro atoms. The lowest BCUT2D eigenvalue weighted by Crippen LogP contribution is -2.25. The number of methoxy groups -OCH3 is 1. The minimum Gasteiger partial charge on any atom is -0.493 e. The monoisotopic (exact) mass is 384 g/mol. The fraction of sp³-hybridized carbons (Fsp3) is 0.238. The van der Waals surface area contributed by atoms with Crippen LogP contribution in [0.25, 0.3) is 6.08 Å². The van der Waals surface area contributed by atoms with Crippen LogP contribution in [0.5, 0.6) is 11.5 Å². The number of carbonyl (C=O) groups is 1. The Morgan fingerprint density at radius 2 is 1.96 bits per heavy atom. The fourth-order valence-electron chi connectivity index (χ4n) is 2.28. The standard InChI is InChI=1S/C21H21ClN2O3/c1-3-10-24-21(25)17(13-23)11-16-6-9-19(20(12-16)26-2)27-14-15-4-7-18(22)8-5-15/h4-9,11-12H,3,10,14H2,1-2H3,(H,24,25)/b17-11-. The van der Waals surface area contributed by atoms with Gasteiger partial charge in [-0.15, -0.1) is 0 Å². The first-order chi connectivity index (χ1) is 13.1. The molecule has 0 unspecified atom stereocenters. The van der Waals surface area contributed by atoms with Gasteiger partial charge in [-0.05, 0) is 47.9 Å². The number of ether oxygens (including phenoxy) is 2. The van der Waals surface area contributed by atoms with Crippen molar-refractivity contribution < 1.29 is 14.3 Å². The molecule has 27 heavy (non-hydrogen) atoms. The van der Waals surface area contributed by atoms with Gasteiger partial charge in [-0.3, -0.25) is 4.79 Å². The minimum absolute atomic E-state index is 0.0420. The maximum absolute atomic E-state index is 12.0. The molecule has 2 aromatic carbocycles. The second kappa shape index (κ2) is 10.2. The largest absolute Gasteiger partial charge is 0.493 e. The van der Waals surface area contributed by atoms with Crippen molar-refractivity contribution in [2.45, 2.75) is 20.0 Å². The maximum Gasteiger partial charge on any atom is 0.261 e. The van der Waals surface area contributed by atoms with Crippen molar-refractivity contribution in [1.29, 1.82) is 5.26 Å². The first-order valence-electron chi connectivity index (χ1n) is 8.52. The molecule has 0 saturated heterocycles. The van der Waals surface area contributed by atoms with E-state index in [1.54, 1.807) is 30.3 Å². The molecule has 0 radical (unpaired) electrons. The van der Waals surface area contributed by atoms with Crippen LogP contribution in [0.2, 0.25) is 5.02 Å². The zero-order chi connectivity index (χ0) is 19.6. The van der Waals surface area contributed by atoms with Crippen LogP contribution in [0.3, 0.4) is 0 Å². The summed E-state index contributed by atoms with van der Waals surface area (Å²) in [7, 11) is 1.54. The van der Waals surface area contributed by atoms with Crippen LogP contribution in [-0.4, -0.2) is 19.6 Å². The molecule has 0 heterocycles. The number of rotatable bonds is 8. The third-order valence-corrected chi connectivity index (χ3v) is 3.96. The summed E-state index contributed by atoms with van der Waals surface area (Å²) in [4.78, 5) is 12.0. The van der Waals surface area contributed by atoms with Crippen molar-refractivity contribution in [2.75, 3.05) is 13.7 Å². The van der Waals surface area contributed by atoms with Crippen LogP contribution in [0.15, 0.2) is 48.0 Å². The SMILES string of the molecule is CCCNC(=O)/C(C#N)=C\c1ccc(OCc2ccc(Cl)cc2)c(OC)c1. The maximum atomic E-state index is 12.0. The molecule has 5 nitrogen and oxygen atoms in total. The zero-order valence-corrected chi connectivity index (χ0v) is 16.0. The number of benzene rings is 2. The van der Waals surface area contributed by atoms with E-state index in [9.17, 15) is 10.1 Å². The van der Waals surface area contributed by atoms with E-state index in [1.165, 1.54) is 13.2 Å². The lowest BCUT2D eigenvalue weighted by molar-refractivity contribution is -0.117. The van der Waals surface area contributed by atoms with Crippen LogP contribution in [0, 0.1) is 11.3 Å². The Hall–Kier alpha value is -2.97. The summed E-state index contributed by atoms with van der Waals surface area (Å²) in [6.07, 6.45) is 2.33. The van der Waals surface area contributed by atoms with Crippen molar-refractivity contribution in [3.63, 3.8) is 0 Å². The first-order valence-corrected chi connectivity index (χ1v) is 8.90. The number of halogens is 1. The summed E-state index contributed by atoms with van der Waals surface area (Å²) in [6.45, 7) is 2.84. The molecule has 2 rings (SSSR count). The highest BCUT2D eigenvalue weighted by atomic mass is 35.5. The van der Waals surface area contributed by atoms with E-state index in [2.05, 4.69) is 5.32 Å². The number of nitrogens with zero attached hydrogens (tertiary/aromatic N) is 1. The lowest BCUT2D eigenvalue weighted by atomic mass is 10.1. The predicted molar refractivity (Wildman–Crippen MR) is 106 cm³/mol.